The summed E-state index contributed by atoms with van der Waals surface area (Å²) in [6.07, 6.45) is 3.70. The van der Waals surface area contributed by atoms with Crippen LogP contribution in [0.25, 0.3) is 0 Å². The quantitative estimate of drug-likeness (QED) is 0.684. The average molecular weight is 230 g/mol. The summed E-state index contributed by atoms with van der Waals surface area (Å²) in [4.78, 5) is 11.0. The first-order valence-electron chi connectivity index (χ1n) is 6.17. The predicted molar refractivity (Wildman–Crippen MR) is 65.2 cm³/mol. The average Bonchev–Trinajstić information content (AvgIpc) is 2.11. The number of carbonyl (C=O) groups excluding carboxylic acids is 1. The third-order valence-corrected chi connectivity index (χ3v) is 3.03. The van der Waals surface area contributed by atoms with Gasteiger partial charge in [-0.3, -0.25) is 4.79 Å². The molecule has 0 aliphatic rings. The Kier molecular flexibility index (Phi) is 6.65. The Balaban J connectivity index is 4.24. The highest BCUT2D eigenvalue weighted by Crippen LogP contribution is 2.24. The maximum absolute atomic E-state index is 11.0. The molecule has 0 rings (SSSR count). The lowest BCUT2D eigenvalue weighted by molar-refractivity contribution is -0.148. The maximum Gasteiger partial charge on any atom is 0.302 e. The van der Waals surface area contributed by atoms with E-state index in [1.165, 1.54) is 6.92 Å². The molecule has 1 N–H and O–H groups in total. The van der Waals surface area contributed by atoms with Crippen LogP contribution in [0.2, 0.25) is 0 Å². The van der Waals surface area contributed by atoms with Crippen LogP contribution in [0, 0.1) is 5.92 Å². The van der Waals surface area contributed by atoms with Crippen LogP contribution in [0.4, 0.5) is 0 Å². The summed E-state index contributed by atoms with van der Waals surface area (Å²) in [5.74, 6) is -0.113. The first kappa shape index (κ1) is 15.4. The van der Waals surface area contributed by atoms with Gasteiger partial charge in [-0.15, -0.1) is 0 Å². The van der Waals surface area contributed by atoms with Crippen LogP contribution in [-0.4, -0.2) is 22.8 Å². The minimum Gasteiger partial charge on any atom is -0.463 e. The summed E-state index contributed by atoms with van der Waals surface area (Å²) in [6, 6.07) is 0. The van der Waals surface area contributed by atoms with Gasteiger partial charge in [0, 0.05) is 6.92 Å². The second-order valence-corrected chi connectivity index (χ2v) is 5.16. The first-order chi connectivity index (χ1) is 7.27. The fourth-order valence-corrected chi connectivity index (χ4v) is 1.57. The molecule has 0 aromatic carbocycles. The molecule has 0 aliphatic heterocycles. The summed E-state index contributed by atoms with van der Waals surface area (Å²) in [6.45, 7) is 9.13. The minimum absolute atomic E-state index is 0.0566. The van der Waals surface area contributed by atoms with Gasteiger partial charge in [0.15, 0.2) is 0 Å². The van der Waals surface area contributed by atoms with E-state index in [2.05, 4.69) is 6.92 Å². The van der Waals surface area contributed by atoms with Crippen molar-refractivity contribution in [1.82, 2.24) is 0 Å². The SMILES string of the molecule is CCCC[C@H](C[C@@H](C)C(C)(C)O)OC(C)=O. The molecule has 0 saturated heterocycles. The molecule has 0 spiro atoms. The number of aliphatic hydroxyl groups is 1. The second kappa shape index (κ2) is 6.89. The van der Waals surface area contributed by atoms with Gasteiger partial charge in [-0.2, -0.15) is 0 Å². The van der Waals surface area contributed by atoms with Gasteiger partial charge in [0.2, 0.25) is 0 Å². The Bertz CT molecular complexity index is 206. The van der Waals surface area contributed by atoms with Gasteiger partial charge in [0.25, 0.3) is 0 Å². The van der Waals surface area contributed by atoms with Gasteiger partial charge in [0.05, 0.1) is 5.60 Å². The lowest BCUT2D eigenvalue weighted by Gasteiger charge is -2.29. The van der Waals surface area contributed by atoms with Crippen molar-refractivity contribution in [1.29, 1.82) is 0 Å². The largest absolute Gasteiger partial charge is 0.463 e. The van der Waals surface area contributed by atoms with Gasteiger partial charge in [-0.1, -0.05) is 26.7 Å². The Hall–Kier alpha value is -0.570. The molecule has 0 amide bonds. The van der Waals surface area contributed by atoms with Crippen LogP contribution in [0.5, 0.6) is 0 Å². The summed E-state index contributed by atoms with van der Waals surface area (Å²) < 4.78 is 5.27. The van der Waals surface area contributed by atoms with Gasteiger partial charge in [-0.25, -0.2) is 0 Å². The fourth-order valence-electron chi connectivity index (χ4n) is 1.57. The molecule has 0 aromatic rings. The van der Waals surface area contributed by atoms with Crippen molar-refractivity contribution in [3.8, 4) is 0 Å². The highest BCUT2D eigenvalue weighted by atomic mass is 16.5. The Labute approximate surface area is 99.2 Å². The molecule has 96 valence electrons. The van der Waals surface area contributed by atoms with E-state index in [0.29, 0.717) is 0 Å². The van der Waals surface area contributed by atoms with E-state index in [1.807, 2.05) is 6.92 Å². The molecule has 16 heavy (non-hydrogen) atoms. The van der Waals surface area contributed by atoms with E-state index >= 15 is 0 Å². The van der Waals surface area contributed by atoms with Crippen molar-refractivity contribution in [2.24, 2.45) is 5.92 Å². The Morgan fingerprint density at radius 2 is 2.00 bits per heavy atom. The molecule has 0 fully saturated rings. The van der Waals surface area contributed by atoms with Crippen LogP contribution < -0.4 is 0 Å². The van der Waals surface area contributed by atoms with E-state index in [-0.39, 0.29) is 18.0 Å². The summed E-state index contributed by atoms with van der Waals surface area (Å²) >= 11 is 0. The zero-order valence-corrected chi connectivity index (χ0v) is 11.2. The molecule has 0 heterocycles. The number of hydrogen-bond donors (Lipinski definition) is 1. The summed E-state index contributed by atoms with van der Waals surface area (Å²) in [5, 5.41) is 9.85. The molecule has 0 saturated carbocycles. The lowest BCUT2D eigenvalue weighted by atomic mass is 9.87. The molecule has 3 nitrogen and oxygen atoms in total. The molecule has 0 unspecified atom stereocenters. The maximum atomic E-state index is 11.0. The van der Waals surface area contributed by atoms with Crippen molar-refractivity contribution in [2.45, 2.75) is 72.0 Å². The molecular formula is C13H26O3. The van der Waals surface area contributed by atoms with E-state index in [9.17, 15) is 9.90 Å². The molecule has 0 aliphatic carbocycles. The van der Waals surface area contributed by atoms with Crippen molar-refractivity contribution in [3.63, 3.8) is 0 Å². The Morgan fingerprint density at radius 3 is 2.38 bits per heavy atom. The molecule has 0 aromatic heterocycles. The van der Waals surface area contributed by atoms with E-state index in [0.717, 1.165) is 25.7 Å². The van der Waals surface area contributed by atoms with Gasteiger partial charge in [-0.05, 0) is 32.6 Å². The van der Waals surface area contributed by atoms with E-state index in [4.69, 9.17) is 4.74 Å². The monoisotopic (exact) mass is 230 g/mol. The minimum atomic E-state index is -0.718. The number of hydrogen-bond acceptors (Lipinski definition) is 3. The fraction of sp³-hybridized carbons (Fsp3) is 0.923. The van der Waals surface area contributed by atoms with Crippen LogP contribution in [-0.2, 0) is 9.53 Å². The highest BCUT2D eigenvalue weighted by molar-refractivity contribution is 5.66. The summed E-state index contributed by atoms with van der Waals surface area (Å²) in [7, 11) is 0. The van der Waals surface area contributed by atoms with Gasteiger partial charge in [0.1, 0.15) is 6.10 Å². The number of carbonyl (C=O) groups is 1. The number of ether oxygens (including phenoxy) is 1. The van der Waals surface area contributed by atoms with Crippen molar-refractivity contribution in [3.05, 3.63) is 0 Å². The van der Waals surface area contributed by atoms with Crippen molar-refractivity contribution in [2.75, 3.05) is 0 Å². The van der Waals surface area contributed by atoms with Crippen molar-refractivity contribution < 1.29 is 14.6 Å². The van der Waals surface area contributed by atoms with Crippen LogP contribution in [0.3, 0.4) is 0 Å². The van der Waals surface area contributed by atoms with Gasteiger partial charge >= 0.3 is 5.97 Å². The van der Waals surface area contributed by atoms with Crippen LogP contribution in [0.15, 0.2) is 0 Å². The van der Waals surface area contributed by atoms with Crippen LogP contribution in [0.1, 0.15) is 60.3 Å². The molecular weight excluding hydrogens is 204 g/mol. The topological polar surface area (TPSA) is 46.5 Å². The van der Waals surface area contributed by atoms with Crippen molar-refractivity contribution >= 4 is 5.97 Å². The predicted octanol–water partition coefficient (Wildman–Crippen LogP) is 2.91. The lowest BCUT2D eigenvalue weighted by Crippen LogP contribution is -2.32. The second-order valence-electron chi connectivity index (χ2n) is 5.16. The first-order valence-corrected chi connectivity index (χ1v) is 6.17. The molecule has 2 atom stereocenters. The standard InChI is InChI=1S/C13H26O3/c1-6-7-8-12(16-11(3)14)9-10(2)13(4,5)15/h10,12,15H,6-9H2,1-5H3/t10-,12-/m1/s1. The summed E-state index contributed by atoms with van der Waals surface area (Å²) in [5.41, 5.74) is -0.718. The smallest absolute Gasteiger partial charge is 0.302 e. The number of rotatable bonds is 7. The van der Waals surface area contributed by atoms with E-state index < -0.39 is 5.60 Å². The third kappa shape index (κ3) is 6.83. The van der Waals surface area contributed by atoms with Gasteiger partial charge < -0.3 is 9.84 Å². The zero-order chi connectivity index (χ0) is 12.8. The zero-order valence-electron chi connectivity index (χ0n) is 11.2. The Morgan fingerprint density at radius 1 is 1.44 bits per heavy atom. The molecule has 0 radical (unpaired) electrons. The molecule has 3 heteroatoms. The molecule has 0 bridgehead atoms. The normalized spacial score (nSPS) is 15.6. The number of unbranched alkanes of at least 4 members (excludes halogenated alkanes) is 1. The van der Waals surface area contributed by atoms with E-state index in [1.54, 1.807) is 13.8 Å². The third-order valence-electron chi connectivity index (χ3n) is 3.03. The van der Waals surface area contributed by atoms with Crippen LogP contribution >= 0.6 is 0 Å². The number of esters is 1. The highest BCUT2D eigenvalue weighted by Gasteiger charge is 2.26.